The van der Waals surface area contributed by atoms with Crippen molar-refractivity contribution < 1.29 is 24.5 Å². The van der Waals surface area contributed by atoms with Crippen molar-refractivity contribution in [2.45, 2.75) is 411 Å². The van der Waals surface area contributed by atoms with Gasteiger partial charge in [-0.2, -0.15) is 0 Å². The summed E-state index contributed by atoms with van der Waals surface area (Å²) >= 11 is 0. The first-order valence-corrected chi connectivity index (χ1v) is 35.6. The molecule has 0 aromatic heterocycles. The summed E-state index contributed by atoms with van der Waals surface area (Å²) in [6, 6.07) is -0.543. The zero-order chi connectivity index (χ0) is 56.4. The normalized spacial score (nSPS) is 12.6. The van der Waals surface area contributed by atoms with E-state index in [0.717, 1.165) is 51.4 Å². The van der Waals surface area contributed by atoms with Crippen molar-refractivity contribution in [2.24, 2.45) is 0 Å². The predicted molar refractivity (Wildman–Crippen MR) is 343 cm³/mol. The van der Waals surface area contributed by atoms with Crippen LogP contribution >= 0.6 is 0 Å². The fourth-order valence-electron chi connectivity index (χ4n) is 11.3. The minimum absolute atomic E-state index is 0.00700. The number of hydrogen-bond acceptors (Lipinski definition) is 5. The molecular weight excluding hydrogens is 959 g/mol. The van der Waals surface area contributed by atoms with E-state index in [2.05, 4.69) is 43.5 Å². The van der Waals surface area contributed by atoms with Crippen molar-refractivity contribution in [3.8, 4) is 0 Å². The first-order valence-electron chi connectivity index (χ1n) is 35.6. The molecule has 3 N–H and O–H groups in total. The second kappa shape index (κ2) is 67.8. The molecule has 6 heteroatoms. The Labute approximate surface area is 488 Å². The van der Waals surface area contributed by atoms with E-state index in [1.54, 1.807) is 0 Å². The molecule has 0 bridgehead atoms. The van der Waals surface area contributed by atoms with Gasteiger partial charge in [0.15, 0.2) is 0 Å². The Kier molecular flexibility index (Phi) is 66.4. The summed E-state index contributed by atoms with van der Waals surface area (Å²) in [6.45, 7) is 4.97. The van der Waals surface area contributed by atoms with Crippen molar-refractivity contribution in [3.05, 3.63) is 24.3 Å². The van der Waals surface area contributed by atoms with Crippen LogP contribution in [0.2, 0.25) is 0 Å². The van der Waals surface area contributed by atoms with Crippen molar-refractivity contribution >= 4 is 11.9 Å². The third-order valence-corrected chi connectivity index (χ3v) is 16.8. The summed E-state index contributed by atoms with van der Waals surface area (Å²) in [7, 11) is 0. The van der Waals surface area contributed by atoms with E-state index in [9.17, 15) is 19.8 Å². The van der Waals surface area contributed by atoms with E-state index in [0.29, 0.717) is 25.9 Å². The quantitative estimate of drug-likeness (QED) is 0.0320. The molecule has 0 aliphatic rings. The van der Waals surface area contributed by atoms with Crippen LogP contribution in [0, 0.1) is 0 Å². The van der Waals surface area contributed by atoms with Crippen LogP contribution in [-0.4, -0.2) is 47.4 Å². The maximum atomic E-state index is 12.5. The molecule has 462 valence electrons. The number of allylic oxidation sites excluding steroid dienone is 4. The van der Waals surface area contributed by atoms with Gasteiger partial charge in [-0.15, -0.1) is 0 Å². The van der Waals surface area contributed by atoms with Crippen LogP contribution in [0.3, 0.4) is 0 Å². The number of aliphatic hydroxyl groups is 2. The van der Waals surface area contributed by atoms with E-state index >= 15 is 0 Å². The van der Waals surface area contributed by atoms with Crippen LogP contribution in [0.1, 0.15) is 399 Å². The number of hydrogen-bond donors (Lipinski definition) is 3. The summed E-state index contributed by atoms with van der Waals surface area (Å²) in [5, 5.41) is 23.4. The smallest absolute Gasteiger partial charge is 0.305 e. The lowest BCUT2D eigenvalue weighted by Gasteiger charge is -2.22. The fraction of sp³-hybridized carbons (Fsp3) is 0.917. The zero-order valence-electron chi connectivity index (χ0n) is 52.9. The van der Waals surface area contributed by atoms with Gasteiger partial charge in [-0.3, -0.25) is 9.59 Å². The van der Waals surface area contributed by atoms with Gasteiger partial charge in [-0.05, 0) is 57.8 Å². The highest BCUT2D eigenvalue weighted by Gasteiger charge is 2.20. The molecule has 78 heavy (non-hydrogen) atoms. The average molecular weight is 1100 g/mol. The SMILES string of the molecule is CCCCCC/C=C\C/C=C\CCCCCCCCCC(=O)OCCCCCCCCCCCCCCCCCCCCCCCCC(=O)NC(CO)C(O)CCCCCCCCCCCCCCCCCCCCCCC. The second-order valence-corrected chi connectivity index (χ2v) is 24.6. The summed E-state index contributed by atoms with van der Waals surface area (Å²) in [6.07, 6.45) is 85.0. The summed E-state index contributed by atoms with van der Waals surface area (Å²) in [4.78, 5) is 24.7. The molecule has 0 aliphatic heterocycles. The molecule has 0 fully saturated rings. The Morgan fingerprint density at radius 2 is 0.641 bits per heavy atom. The molecule has 2 unspecified atom stereocenters. The van der Waals surface area contributed by atoms with Crippen LogP contribution in [0.15, 0.2) is 24.3 Å². The first-order chi connectivity index (χ1) is 38.5. The number of amides is 1. The van der Waals surface area contributed by atoms with Crippen LogP contribution < -0.4 is 5.32 Å². The second-order valence-electron chi connectivity index (χ2n) is 24.6. The van der Waals surface area contributed by atoms with Crippen molar-refractivity contribution in [3.63, 3.8) is 0 Å². The monoisotopic (exact) mass is 1100 g/mol. The number of rotatable bonds is 67. The van der Waals surface area contributed by atoms with Gasteiger partial charge in [0.05, 0.1) is 25.4 Å². The molecule has 0 saturated carbocycles. The summed E-state index contributed by atoms with van der Waals surface area (Å²) < 4.78 is 5.50. The lowest BCUT2D eigenvalue weighted by Crippen LogP contribution is -2.45. The number of carbonyl (C=O) groups is 2. The highest BCUT2D eigenvalue weighted by molar-refractivity contribution is 5.76. The van der Waals surface area contributed by atoms with Gasteiger partial charge >= 0.3 is 5.97 Å². The van der Waals surface area contributed by atoms with Crippen molar-refractivity contribution in [1.29, 1.82) is 0 Å². The van der Waals surface area contributed by atoms with Crippen LogP contribution in [0.25, 0.3) is 0 Å². The third kappa shape index (κ3) is 63.5. The largest absolute Gasteiger partial charge is 0.466 e. The topological polar surface area (TPSA) is 95.9 Å². The van der Waals surface area contributed by atoms with Gasteiger partial charge < -0.3 is 20.3 Å². The number of esters is 1. The van der Waals surface area contributed by atoms with Crippen LogP contribution in [0.5, 0.6) is 0 Å². The van der Waals surface area contributed by atoms with E-state index in [1.165, 1.54) is 315 Å². The Bertz CT molecular complexity index is 1220. The molecule has 0 spiro atoms. The Hall–Kier alpha value is -1.66. The highest BCUT2D eigenvalue weighted by Crippen LogP contribution is 2.19. The fourth-order valence-corrected chi connectivity index (χ4v) is 11.3. The van der Waals surface area contributed by atoms with Crippen LogP contribution in [0.4, 0.5) is 0 Å². The lowest BCUT2D eigenvalue weighted by molar-refractivity contribution is -0.143. The Morgan fingerprint density at radius 3 is 0.987 bits per heavy atom. The van der Waals surface area contributed by atoms with E-state index in [4.69, 9.17) is 4.74 Å². The van der Waals surface area contributed by atoms with Crippen LogP contribution in [-0.2, 0) is 14.3 Å². The average Bonchev–Trinajstić information content (AvgIpc) is 3.44. The molecule has 0 rings (SSSR count). The zero-order valence-corrected chi connectivity index (χ0v) is 52.9. The Morgan fingerprint density at radius 1 is 0.359 bits per heavy atom. The minimum atomic E-state index is -0.666. The minimum Gasteiger partial charge on any atom is -0.466 e. The van der Waals surface area contributed by atoms with Crippen molar-refractivity contribution in [2.75, 3.05) is 13.2 Å². The predicted octanol–water partition coefficient (Wildman–Crippen LogP) is 22.9. The maximum Gasteiger partial charge on any atom is 0.305 e. The molecule has 1 amide bonds. The van der Waals surface area contributed by atoms with Gasteiger partial charge in [-0.1, -0.05) is 353 Å². The molecule has 0 heterocycles. The summed E-state index contributed by atoms with van der Waals surface area (Å²) in [5.41, 5.74) is 0. The molecule has 6 nitrogen and oxygen atoms in total. The number of aliphatic hydroxyl groups excluding tert-OH is 2. The molecule has 0 radical (unpaired) electrons. The number of carbonyl (C=O) groups excluding carboxylic acids is 2. The van der Waals surface area contributed by atoms with Crippen molar-refractivity contribution in [1.82, 2.24) is 5.32 Å². The van der Waals surface area contributed by atoms with Gasteiger partial charge in [0.2, 0.25) is 5.91 Å². The standard InChI is InChI=1S/C72H139NO5/c1-3-5-7-9-11-13-15-17-19-21-23-26-29-32-36-40-44-48-52-56-60-64-70(75)69(68-74)73-71(76)65-61-57-53-49-45-41-37-33-30-27-24-25-28-31-35-39-43-47-51-55-59-63-67-78-72(77)66-62-58-54-50-46-42-38-34-22-20-18-16-14-12-10-8-6-4-2/h14,16,20,22,69-70,74-75H,3-13,15,17-19,21,23-68H2,1-2H3,(H,73,76)/b16-14-,22-20-. The van der Waals surface area contributed by atoms with Gasteiger partial charge in [0, 0.05) is 12.8 Å². The Balaban J connectivity index is 3.37. The lowest BCUT2D eigenvalue weighted by atomic mass is 10.0. The van der Waals surface area contributed by atoms with E-state index < -0.39 is 12.1 Å². The van der Waals surface area contributed by atoms with E-state index in [-0.39, 0.29) is 18.5 Å². The highest BCUT2D eigenvalue weighted by atomic mass is 16.5. The number of unbranched alkanes of at least 4 members (excludes halogenated alkanes) is 52. The van der Waals surface area contributed by atoms with Gasteiger partial charge in [0.1, 0.15) is 0 Å². The molecule has 0 saturated heterocycles. The molecule has 0 aromatic carbocycles. The number of nitrogens with one attached hydrogen (secondary N) is 1. The number of ether oxygens (including phenoxy) is 1. The van der Waals surface area contributed by atoms with Gasteiger partial charge in [-0.25, -0.2) is 0 Å². The van der Waals surface area contributed by atoms with Gasteiger partial charge in [0.25, 0.3) is 0 Å². The maximum absolute atomic E-state index is 12.5. The van der Waals surface area contributed by atoms with E-state index in [1.807, 2.05) is 0 Å². The molecule has 2 atom stereocenters. The molecule has 0 aromatic rings. The molecular formula is C72H139NO5. The first kappa shape index (κ1) is 76.3. The summed E-state index contributed by atoms with van der Waals surface area (Å²) in [5.74, 6) is -0.0238. The third-order valence-electron chi connectivity index (χ3n) is 16.8. The molecule has 0 aliphatic carbocycles.